The molecule has 0 spiro atoms. The van der Waals surface area contributed by atoms with E-state index in [0.29, 0.717) is 47.6 Å². The molecule has 43 heavy (non-hydrogen) atoms. The molecule has 12 heteroatoms. The van der Waals surface area contributed by atoms with Gasteiger partial charge in [0.1, 0.15) is 11.4 Å². The van der Waals surface area contributed by atoms with Gasteiger partial charge < -0.3 is 10.0 Å². The number of aliphatic hydroxyl groups excluding tert-OH is 1. The average molecular weight is 607 g/mol. The number of aromatic nitrogens is 4. The lowest BCUT2D eigenvalue weighted by Crippen LogP contribution is -2.49. The van der Waals surface area contributed by atoms with Crippen LogP contribution >= 0.6 is 0 Å². The van der Waals surface area contributed by atoms with Crippen molar-refractivity contribution in [3.05, 3.63) is 65.0 Å². The maximum absolute atomic E-state index is 12.3. The molecule has 2 aromatic heterocycles. The molecule has 0 saturated heterocycles. The van der Waals surface area contributed by atoms with Gasteiger partial charge in [-0.3, -0.25) is 4.98 Å². The van der Waals surface area contributed by atoms with E-state index in [-0.39, 0.29) is 30.4 Å². The number of sulfonamides is 1. The number of benzene rings is 1. The second-order valence-electron chi connectivity index (χ2n) is 12.2. The van der Waals surface area contributed by atoms with Crippen LogP contribution in [0.3, 0.4) is 0 Å². The Bertz CT molecular complexity index is 1650. The minimum absolute atomic E-state index is 0.0764. The van der Waals surface area contributed by atoms with Gasteiger partial charge in [0, 0.05) is 36.4 Å². The molecule has 5 rings (SSSR count). The number of unbranched alkanes of at least 4 members (excludes halogenated alkanes) is 1. The smallest absolute Gasteiger partial charge is 0.211 e. The van der Waals surface area contributed by atoms with E-state index in [0.717, 1.165) is 29.8 Å². The lowest BCUT2D eigenvalue weighted by molar-refractivity contribution is 0.277. The Hall–Kier alpha value is -3.48. The van der Waals surface area contributed by atoms with E-state index >= 15 is 0 Å². The first kappa shape index (κ1) is 31.0. The van der Waals surface area contributed by atoms with E-state index < -0.39 is 10.0 Å². The topological polar surface area (TPSA) is 138 Å². The van der Waals surface area contributed by atoms with Gasteiger partial charge in [0.25, 0.3) is 0 Å². The van der Waals surface area contributed by atoms with Gasteiger partial charge >= 0.3 is 0 Å². The Kier molecular flexibility index (Phi) is 8.82. The summed E-state index contributed by atoms with van der Waals surface area (Å²) in [7, 11) is -3.36. The van der Waals surface area contributed by atoms with Crippen LogP contribution in [-0.2, 0) is 10.0 Å². The fourth-order valence-electron chi connectivity index (χ4n) is 5.91. The number of nitrogens with one attached hydrogen (secondary N) is 1. The number of aliphatic hydroxyl groups is 1. The van der Waals surface area contributed by atoms with Gasteiger partial charge in [0.2, 0.25) is 15.8 Å². The predicted molar refractivity (Wildman–Crippen MR) is 170 cm³/mol. The van der Waals surface area contributed by atoms with Gasteiger partial charge in [-0.1, -0.05) is 33.3 Å². The second-order valence-corrected chi connectivity index (χ2v) is 14.1. The number of rotatable bonds is 11. The highest BCUT2D eigenvalue weighted by molar-refractivity contribution is 7.89. The Balaban J connectivity index is 1.53. The van der Waals surface area contributed by atoms with Crippen molar-refractivity contribution < 1.29 is 13.5 Å². The number of aryl methyl sites for hydroxylation is 1. The number of hydrogen-bond donors (Lipinski definition) is 2. The third kappa shape index (κ3) is 6.41. The maximum Gasteiger partial charge on any atom is 0.211 e. The molecule has 0 fully saturated rings. The molecule has 2 unspecified atom stereocenters. The normalized spacial score (nSPS) is 19.3. The number of hydrogen-bond acceptors (Lipinski definition) is 9. The van der Waals surface area contributed by atoms with E-state index in [9.17, 15) is 13.5 Å². The number of fused-ring (bicyclic) bond motifs is 2. The molecular formula is C31H42N8O3S. The second kappa shape index (κ2) is 12.3. The summed E-state index contributed by atoms with van der Waals surface area (Å²) in [5.41, 5.74) is 5.84. The van der Waals surface area contributed by atoms with E-state index in [1.807, 2.05) is 39.0 Å². The molecule has 2 aliphatic rings. The molecule has 2 N–H and O–H groups in total. The van der Waals surface area contributed by atoms with Crippen molar-refractivity contribution in [2.24, 2.45) is 10.1 Å². The molecule has 11 nitrogen and oxygen atoms in total. The van der Waals surface area contributed by atoms with Crippen molar-refractivity contribution >= 4 is 32.8 Å². The number of anilines is 1. The van der Waals surface area contributed by atoms with Crippen LogP contribution in [0.5, 0.6) is 0 Å². The highest BCUT2D eigenvalue weighted by Crippen LogP contribution is 2.45. The maximum atomic E-state index is 12.3. The molecule has 0 amide bonds. The van der Waals surface area contributed by atoms with Crippen LogP contribution in [0, 0.1) is 6.92 Å². The highest BCUT2D eigenvalue weighted by Gasteiger charge is 2.37. The van der Waals surface area contributed by atoms with E-state index in [4.69, 9.17) is 15.1 Å². The van der Waals surface area contributed by atoms with Crippen molar-refractivity contribution in [3.63, 3.8) is 0 Å². The third-order valence-electron chi connectivity index (χ3n) is 8.22. The number of nitrogens with zero attached hydrogens (tertiary/aromatic N) is 7. The number of β-amino-alcohol motifs (C(OH)–C–C–N with tert-alkyl or cyclic N) is 1. The summed E-state index contributed by atoms with van der Waals surface area (Å²) in [6, 6.07) is 9.94. The van der Waals surface area contributed by atoms with Crippen LogP contribution in [0.2, 0.25) is 0 Å². The van der Waals surface area contributed by atoms with Crippen molar-refractivity contribution in [1.82, 2.24) is 24.6 Å². The first-order valence-electron chi connectivity index (χ1n) is 15.0. The largest absolute Gasteiger partial charge is 0.395 e. The molecule has 0 radical (unpaired) electrons. The summed E-state index contributed by atoms with van der Waals surface area (Å²) in [5.74, 6) is 1.12. The van der Waals surface area contributed by atoms with Gasteiger partial charge in [-0.05, 0) is 74.9 Å². The number of aliphatic imine (C=N–C) groups is 1. The molecule has 1 aromatic carbocycles. The SMILES string of the molecule is CCCCS(=O)(=O)NCC(C)c1nc2n(n1)N=C(c1ccccn1)C2=Nc1cc2c(cc1C)N(CCO)C(C)(C)CC2C. The summed E-state index contributed by atoms with van der Waals surface area (Å²) in [6.45, 7) is 13.4. The Morgan fingerprint density at radius 3 is 2.74 bits per heavy atom. The van der Waals surface area contributed by atoms with E-state index in [1.54, 1.807) is 6.20 Å². The summed E-state index contributed by atoms with van der Waals surface area (Å²) >= 11 is 0. The van der Waals surface area contributed by atoms with Crippen molar-refractivity contribution in [1.29, 1.82) is 0 Å². The predicted octanol–water partition coefficient (Wildman–Crippen LogP) is 4.28. The summed E-state index contributed by atoms with van der Waals surface area (Å²) < 4.78 is 27.4. The van der Waals surface area contributed by atoms with E-state index in [2.05, 4.69) is 52.6 Å². The van der Waals surface area contributed by atoms with Crippen LogP contribution in [0.4, 0.5) is 11.4 Å². The zero-order valence-electron chi connectivity index (χ0n) is 25.9. The lowest BCUT2D eigenvalue weighted by Gasteiger charge is -2.47. The Morgan fingerprint density at radius 1 is 1.26 bits per heavy atom. The summed E-state index contributed by atoms with van der Waals surface area (Å²) in [4.78, 5) is 18.2. The highest BCUT2D eigenvalue weighted by atomic mass is 32.2. The molecular weight excluding hydrogens is 564 g/mol. The van der Waals surface area contributed by atoms with Gasteiger partial charge in [0.15, 0.2) is 5.82 Å². The molecule has 3 aromatic rings. The van der Waals surface area contributed by atoms with Gasteiger partial charge in [-0.25, -0.2) is 23.1 Å². The van der Waals surface area contributed by atoms with Crippen LogP contribution in [0.25, 0.3) is 0 Å². The third-order valence-corrected chi connectivity index (χ3v) is 9.65. The summed E-state index contributed by atoms with van der Waals surface area (Å²) in [5, 5.41) is 19.2. The fraction of sp³-hybridized carbons (Fsp3) is 0.516. The molecule has 2 atom stereocenters. The molecule has 0 saturated carbocycles. The lowest BCUT2D eigenvalue weighted by atomic mass is 9.79. The first-order valence-corrected chi connectivity index (χ1v) is 16.7. The molecule has 4 heterocycles. The summed E-state index contributed by atoms with van der Waals surface area (Å²) in [6.07, 6.45) is 4.10. The van der Waals surface area contributed by atoms with Crippen LogP contribution in [-0.4, -0.2) is 75.8 Å². The van der Waals surface area contributed by atoms with Gasteiger partial charge in [0.05, 0.1) is 23.7 Å². The monoisotopic (exact) mass is 606 g/mol. The quantitative estimate of drug-likeness (QED) is 0.332. The zero-order chi connectivity index (χ0) is 30.9. The van der Waals surface area contributed by atoms with E-state index in [1.165, 1.54) is 10.4 Å². The van der Waals surface area contributed by atoms with Gasteiger partial charge in [-0.15, -0.1) is 15.0 Å². The van der Waals surface area contributed by atoms with Crippen LogP contribution < -0.4 is 9.62 Å². The standard InChI is InChI=1S/C31H42N8O3S/c1-7-8-15-43(41,42)33-19-22(4)29-35-30-28(27(36-39(30)37-29)24-11-9-10-12-32-24)34-25-17-23-21(3)18-31(5,6)38(13-14-40)26(23)16-20(25)2/h9-12,16-17,21-22,33,40H,7-8,13-15,18-19H2,1-6H3. The molecule has 230 valence electrons. The zero-order valence-corrected chi connectivity index (χ0v) is 26.7. The minimum atomic E-state index is -3.36. The van der Waals surface area contributed by atoms with Crippen molar-refractivity contribution in [2.75, 3.05) is 30.3 Å². The molecule has 0 bridgehead atoms. The average Bonchev–Trinajstić information content (AvgIpc) is 3.53. The fourth-order valence-corrected chi connectivity index (χ4v) is 7.22. The van der Waals surface area contributed by atoms with Crippen molar-refractivity contribution in [3.8, 4) is 0 Å². The Morgan fingerprint density at radius 2 is 2.05 bits per heavy atom. The minimum Gasteiger partial charge on any atom is -0.395 e. The number of pyridine rings is 1. The van der Waals surface area contributed by atoms with Gasteiger partial charge in [-0.2, -0.15) is 0 Å². The van der Waals surface area contributed by atoms with Crippen LogP contribution in [0.15, 0.2) is 46.6 Å². The Labute approximate surface area is 254 Å². The van der Waals surface area contributed by atoms with Crippen LogP contribution in [0.1, 0.15) is 94.2 Å². The first-order chi connectivity index (χ1) is 20.4. The molecule has 0 aliphatic carbocycles. The van der Waals surface area contributed by atoms with Crippen molar-refractivity contribution in [2.45, 2.75) is 78.2 Å². The molecule has 2 aliphatic heterocycles.